The molecule has 5 nitrogen and oxygen atoms in total. The summed E-state index contributed by atoms with van der Waals surface area (Å²) in [6, 6.07) is 9.85. The fraction of sp³-hybridized carbons (Fsp3) is 0.308. The summed E-state index contributed by atoms with van der Waals surface area (Å²) in [5, 5.41) is 4.37. The van der Waals surface area contributed by atoms with Gasteiger partial charge in [-0.2, -0.15) is 5.10 Å². The Kier molecular flexibility index (Phi) is 3.96. The van der Waals surface area contributed by atoms with E-state index in [0.29, 0.717) is 0 Å². The first-order valence-electron chi connectivity index (χ1n) is 5.82. The highest BCUT2D eigenvalue weighted by molar-refractivity contribution is 5.34. The molecule has 1 heterocycles. The van der Waals surface area contributed by atoms with Crippen molar-refractivity contribution in [3.8, 4) is 5.75 Å². The number of nitrogens with two attached hydrogens (primary N) is 1. The van der Waals surface area contributed by atoms with Crippen LogP contribution in [0.25, 0.3) is 0 Å². The average Bonchev–Trinajstić information content (AvgIpc) is 2.83. The number of nitrogens with one attached hydrogen (secondary N) is 1. The smallest absolute Gasteiger partial charge is 0.122 e. The number of hydrazine groups is 1. The highest BCUT2D eigenvalue weighted by atomic mass is 16.5. The van der Waals surface area contributed by atoms with E-state index in [2.05, 4.69) is 10.5 Å². The highest BCUT2D eigenvalue weighted by Gasteiger charge is 2.15. The van der Waals surface area contributed by atoms with Crippen LogP contribution in [0.15, 0.2) is 36.5 Å². The van der Waals surface area contributed by atoms with Crippen molar-refractivity contribution in [2.75, 3.05) is 7.11 Å². The van der Waals surface area contributed by atoms with Gasteiger partial charge >= 0.3 is 0 Å². The van der Waals surface area contributed by atoms with Crippen LogP contribution in [-0.4, -0.2) is 16.9 Å². The van der Waals surface area contributed by atoms with Crippen molar-refractivity contribution in [2.45, 2.75) is 12.5 Å². The Morgan fingerprint density at radius 2 is 2.17 bits per heavy atom. The molecule has 0 radical (unpaired) electrons. The second kappa shape index (κ2) is 5.66. The Morgan fingerprint density at radius 1 is 1.39 bits per heavy atom. The summed E-state index contributed by atoms with van der Waals surface area (Å²) in [7, 11) is 3.56. The zero-order chi connectivity index (χ0) is 13.0. The summed E-state index contributed by atoms with van der Waals surface area (Å²) in [5.74, 6) is 6.48. The second-order valence-corrected chi connectivity index (χ2v) is 4.15. The van der Waals surface area contributed by atoms with E-state index in [1.165, 1.54) is 0 Å². The van der Waals surface area contributed by atoms with Crippen LogP contribution in [0.4, 0.5) is 0 Å². The number of aromatic nitrogens is 2. The maximum Gasteiger partial charge on any atom is 0.122 e. The number of hydrogen-bond acceptors (Lipinski definition) is 4. The first-order chi connectivity index (χ1) is 8.74. The molecule has 0 aliphatic heterocycles. The Labute approximate surface area is 107 Å². The largest absolute Gasteiger partial charge is 0.496 e. The molecular weight excluding hydrogens is 228 g/mol. The number of aryl methyl sites for hydroxylation is 1. The molecule has 0 saturated heterocycles. The quantitative estimate of drug-likeness (QED) is 0.614. The molecule has 0 saturated carbocycles. The number of methoxy groups -OCH3 is 1. The van der Waals surface area contributed by atoms with Crippen LogP contribution in [0.1, 0.15) is 17.3 Å². The molecule has 1 aromatic heterocycles. The molecule has 2 rings (SSSR count). The zero-order valence-corrected chi connectivity index (χ0v) is 10.6. The minimum atomic E-state index is -0.0255. The summed E-state index contributed by atoms with van der Waals surface area (Å²) in [6.45, 7) is 0. The topological polar surface area (TPSA) is 65.1 Å². The first kappa shape index (κ1) is 12.6. The van der Waals surface area contributed by atoms with Gasteiger partial charge in [0.05, 0.1) is 18.8 Å². The lowest BCUT2D eigenvalue weighted by molar-refractivity contribution is 0.405. The van der Waals surface area contributed by atoms with Gasteiger partial charge < -0.3 is 4.74 Å². The normalized spacial score (nSPS) is 12.4. The number of nitrogens with zero attached hydrogens (tertiary/aromatic N) is 2. The van der Waals surface area contributed by atoms with E-state index < -0.39 is 0 Å². The van der Waals surface area contributed by atoms with Crippen LogP contribution in [0.2, 0.25) is 0 Å². The maximum atomic E-state index is 5.61. The lowest BCUT2D eigenvalue weighted by Gasteiger charge is -2.15. The van der Waals surface area contributed by atoms with Crippen LogP contribution >= 0.6 is 0 Å². The van der Waals surface area contributed by atoms with Gasteiger partial charge in [0.1, 0.15) is 5.75 Å². The monoisotopic (exact) mass is 246 g/mol. The summed E-state index contributed by atoms with van der Waals surface area (Å²) >= 11 is 0. The van der Waals surface area contributed by atoms with Crippen LogP contribution in [0.5, 0.6) is 5.75 Å². The SMILES string of the molecule is COc1ccccc1CC(NN)c1ccn(C)n1. The van der Waals surface area contributed by atoms with Gasteiger partial charge in [-0.3, -0.25) is 16.0 Å². The van der Waals surface area contributed by atoms with E-state index in [0.717, 1.165) is 23.4 Å². The van der Waals surface area contributed by atoms with Crippen molar-refractivity contribution in [3.63, 3.8) is 0 Å². The fourth-order valence-corrected chi connectivity index (χ4v) is 1.96. The summed E-state index contributed by atoms with van der Waals surface area (Å²) in [5.41, 5.74) is 4.83. The number of hydrogen-bond donors (Lipinski definition) is 2. The van der Waals surface area contributed by atoms with Gasteiger partial charge in [-0.05, 0) is 24.1 Å². The molecule has 5 heteroatoms. The standard InChI is InChI=1S/C13H18N4O/c1-17-8-7-11(16-17)12(15-14)9-10-5-3-4-6-13(10)18-2/h3-8,12,15H,9,14H2,1-2H3. The summed E-state index contributed by atoms with van der Waals surface area (Å²) < 4.78 is 7.10. The van der Waals surface area contributed by atoms with Gasteiger partial charge in [-0.1, -0.05) is 18.2 Å². The van der Waals surface area contributed by atoms with Gasteiger partial charge in [0, 0.05) is 13.2 Å². The fourth-order valence-electron chi connectivity index (χ4n) is 1.96. The predicted octanol–water partition coefficient (Wildman–Crippen LogP) is 1.18. The number of ether oxygens (including phenoxy) is 1. The van der Waals surface area contributed by atoms with E-state index in [1.54, 1.807) is 11.8 Å². The predicted molar refractivity (Wildman–Crippen MR) is 70.0 cm³/mol. The summed E-state index contributed by atoms with van der Waals surface area (Å²) in [4.78, 5) is 0. The molecule has 0 aliphatic carbocycles. The van der Waals surface area contributed by atoms with Crippen molar-refractivity contribution >= 4 is 0 Å². The van der Waals surface area contributed by atoms with Crippen LogP contribution in [0, 0.1) is 0 Å². The van der Waals surface area contributed by atoms with Crippen molar-refractivity contribution in [2.24, 2.45) is 12.9 Å². The Bertz CT molecular complexity index is 509. The van der Waals surface area contributed by atoms with Gasteiger partial charge in [-0.25, -0.2) is 0 Å². The van der Waals surface area contributed by atoms with Crippen LogP contribution in [0.3, 0.4) is 0 Å². The minimum absolute atomic E-state index is 0.0255. The van der Waals surface area contributed by atoms with Crippen molar-refractivity contribution in [1.29, 1.82) is 0 Å². The Balaban J connectivity index is 2.20. The first-order valence-corrected chi connectivity index (χ1v) is 5.82. The van der Waals surface area contributed by atoms with E-state index >= 15 is 0 Å². The van der Waals surface area contributed by atoms with E-state index in [9.17, 15) is 0 Å². The molecular formula is C13H18N4O. The lowest BCUT2D eigenvalue weighted by Crippen LogP contribution is -2.30. The van der Waals surface area contributed by atoms with Crippen molar-refractivity contribution < 1.29 is 4.74 Å². The Hall–Kier alpha value is -1.85. The summed E-state index contributed by atoms with van der Waals surface area (Å²) in [6.07, 6.45) is 2.64. The molecule has 1 atom stereocenters. The second-order valence-electron chi connectivity index (χ2n) is 4.15. The molecule has 0 fully saturated rings. The number of benzene rings is 1. The maximum absolute atomic E-state index is 5.61. The average molecular weight is 246 g/mol. The minimum Gasteiger partial charge on any atom is -0.496 e. The van der Waals surface area contributed by atoms with Crippen LogP contribution < -0.4 is 16.0 Å². The Morgan fingerprint density at radius 3 is 2.78 bits per heavy atom. The third-order valence-electron chi connectivity index (χ3n) is 2.91. The molecule has 18 heavy (non-hydrogen) atoms. The van der Waals surface area contributed by atoms with E-state index in [-0.39, 0.29) is 6.04 Å². The molecule has 2 aromatic rings. The number of para-hydroxylation sites is 1. The number of rotatable bonds is 5. The molecule has 3 N–H and O–H groups in total. The molecule has 0 spiro atoms. The van der Waals surface area contributed by atoms with Crippen molar-refractivity contribution in [3.05, 3.63) is 47.8 Å². The molecule has 1 aromatic carbocycles. The van der Waals surface area contributed by atoms with E-state index in [1.807, 2.05) is 43.6 Å². The van der Waals surface area contributed by atoms with Gasteiger partial charge in [0.15, 0.2) is 0 Å². The van der Waals surface area contributed by atoms with E-state index in [4.69, 9.17) is 10.6 Å². The van der Waals surface area contributed by atoms with Gasteiger partial charge in [0.25, 0.3) is 0 Å². The molecule has 0 aliphatic rings. The third-order valence-corrected chi connectivity index (χ3v) is 2.91. The molecule has 0 amide bonds. The molecule has 1 unspecified atom stereocenters. The highest BCUT2D eigenvalue weighted by Crippen LogP contribution is 2.23. The molecule has 96 valence electrons. The van der Waals surface area contributed by atoms with Crippen molar-refractivity contribution in [1.82, 2.24) is 15.2 Å². The van der Waals surface area contributed by atoms with Gasteiger partial charge in [0.2, 0.25) is 0 Å². The zero-order valence-electron chi connectivity index (χ0n) is 10.6. The lowest BCUT2D eigenvalue weighted by atomic mass is 10.0. The van der Waals surface area contributed by atoms with Gasteiger partial charge in [-0.15, -0.1) is 0 Å². The molecule has 0 bridgehead atoms. The third kappa shape index (κ3) is 2.69. The van der Waals surface area contributed by atoms with Crippen LogP contribution in [-0.2, 0) is 13.5 Å².